The monoisotopic (exact) mass is 561 g/mol. The average molecular weight is 562 g/mol. The van der Waals surface area contributed by atoms with Crippen LogP contribution >= 0.6 is 0 Å². The van der Waals surface area contributed by atoms with E-state index in [1.54, 1.807) is 18.2 Å². The fraction of sp³-hybridized carbons (Fsp3) is 0.556. The van der Waals surface area contributed by atoms with Crippen molar-refractivity contribution in [2.45, 2.75) is 111 Å². The normalized spacial score (nSPS) is 12.0. The Morgan fingerprint density at radius 3 is 2.05 bits per heavy atom. The van der Waals surface area contributed by atoms with Crippen LogP contribution in [0.15, 0.2) is 46.9 Å². The van der Waals surface area contributed by atoms with E-state index in [-0.39, 0.29) is 17.3 Å². The Morgan fingerprint density at radius 1 is 0.854 bits per heavy atom. The lowest BCUT2D eigenvalue weighted by Crippen LogP contribution is -2.31. The smallest absolute Gasteiger partial charge is 0.338 e. The minimum Gasteiger partial charge on any atom is -0.460 e. The van der Waals surface area contributed by atoms with Crippen molar-refractivity contribution in [3.8, 4) is 0 Å². The van der Waals surface area contributed by atoms with E-state index in [1.807, 2.05) is 26.0 Å². The molecule has 0 N–H and O–H groups in total. The number of aryl methyl sites for hydroxylation is 1. The first-order chi connectivity index (χ1) is 19.6. The largest absolute Gasteiger partial charge is 0.460 e. The second-order valence-corrected chi connectivity index (χ2v) is 12.3. The zero-order chi connectivity index (χ0) is 30.0. The van der Waals surface area contributed by atoms with Crippen LogP contribution < -0.4 is 0 Å². The highest BCUT2D eigenvalue weighted by Gasteiger charge is 2.25. The number of benzene rings is 2. The molecular weight excluding hydrogens is 510 g/mol. The predicted octanol–water partition coefficient (Wildman–Crippen LogP) is 9.14. The Balaban J connectivity index is 1.86. The Hall–Kier alpha value is -2.92. The molecule has 0 atom stereocenters. The van der Waals surface area contributed by atoms with Crippen LogP contribution in [-0.2, 0) is 16.6 Å². The van der Waals surface area contributed by atoms with E-state index in [0.29, 0.717) is 39.8 Å². The number of ether oxygens (including phenoxy) is 1. The van der Waals surface area contributed by atoms with Gasteiger partial charge in [0.2, 0.25) is 0 Å². The van der Waals surface area contributed by atoms with Crippen LogP contribution in [-0.4, -0.2) is 42.4 Å². The number of unbranched alkanes of at least 4 members (excludes halogenated alkanes) is 3. The van der Waals surface area contributed by atoms with Gasteiger partial charge in [0.05, 0.1) is 17.2 Å². The Morgan fingerprint density at radius 2 is 1.46 bits per heavy atom. The van der Waals surface area contributed by atoms with Crippen molar-refractivity contribution < 1.29 is 18.7 Å². The van der Waals surface area contributed by atoms with E-state index in [9.17, 15) is 9.59 Å². The van der Waals surface area contributed by atoms with Gasteiger partial charge in [-0.2, -0.15) is 0 Å². The van der Waals surface area contributed by atoms with Gasteiger partial charge < -0.3 is 14.1 Å². The molecule has 0 aliphatic heterocycles. The van der Waals surface area contributed by atoms with Crippen molar-refractivity contribution >= 4 is 22.7 Å². The number of nitrogens with zero attached hydrogens (tertiary/aromatic N) is 1. The summed E-state index contributed by atoms with van der Waals surface area (Å²) in [6, 6.07) is 13.3. The molecule has 5 heteroatoms. The molecule has 2 aromatic carbocycles. The van der Waals surface area contributed by atoms with E-state index in [4.69, 9.17) is 9.15 Å². The van der Waals surface area contributed by atoms with Crippen molar-refractivity contribution in [3.05, 3.63) is 70.5 Å². The lowest BCUT2D eigenvalue weighted by Gasteiger charge is -2.30. The van der Waals surface area contributed by atoms with Crippen LogP contribution in [0.5, 0.6) is 0 Å². The molecule has 1 heterocycles. The minimum atomic E-state index is -0.397. The molecule has 0 radical (unpaired) electrons. The van der Waals surface area contributed by atoms with Gasteiger partial charge in [0.15, 0.2) is 5.78 Å². The summed E-state index contributed by atoms with van der Waals surface area (Å²) in [5.41, 5.74) is 3.47. The quantitative estimate of drug-likeness (QED) is 0.121. The summed E-state index contributed by atoms with van der Waals surface area (Å²) >= 11 is 0. The molecule has 1 aromatic heterocycles. The number of fused-ring (bicyclic) bond motifs is 1. The van der Waals surface area contributed by atoms with Crippen LogP contribution in [0.2, 0.25) is 0 Å². The van der Waals surface area contributed by atoms with E-state index >= 15 is 0 Å². The lowest BCUT2D eigenvalue weighted by molar-refractivity contribution is 0.0378. The molecule has 0 unspecified atom stereocenters. The second-order valence-electron chi connectivity index (χ2n) is 12.3. The average Bonchev–Trinajstić information content (AvgIpc) is 3.32. The first-order valence-electron chi connectivity index (χ1n) is 15.7. The van der Waals surface area contributed by atoms with Crippen LogP contribution in [0, 0.1) is 0 Å². The van der Waals surface area contributed by atoms with E-state index in [1.165, 1.54) is 31.2 Å². The standard InChI is InChI=1S/C36H51NO4/c1-8-11-14-32-33(30-25-28(17-20-31(30)41-32)35(39)40-26(4)5)34(38)27-15-18-29(19-16-27)36(6,7)21-24-37(22-12-9-2)23-13-10-3/h15-20,25-26H,8-14,21-24H2,1-7H3. The number of carbonyl (C=O) groups is 2. The van der Waals surface area contributed by atoms with Crippen LogP contribution in [0.25, 0.3) is 11.0 Å². The molecule has 5 nitrogen and oxygen atoms in total. The van der Waals surface area contributed by atoms with Gasteiger partial charge in [-0.15, -0.1) is 0 Å². The zero-order valence-corrected chi connectivity index (χ0v) is 26.5. The molecule has 0 aliphatic carbocycles. The highest BCUT2D eigenvalue weighted by atomic mass is 16.5. The maximum Gasteiger partial charge on any atom is 0.338 e. The number of carbonyl (C=O) groups excluding carboxylic acids is 2. The molecule has 0 spiro atoms. The fourth-order valence-electron chi connectivity index (χ4n) is 5.22. The zero-order valence-electron chi connectivity index (χ0n) is 26.5. The Bertz CT molecular complexity index is 1260. The number of rotatable bonds is 17. The lowest BCUT2D eigenvalue weighted by atomic mass is 9.80. The van der Waals surface area contributed by atoms with Crippen molar-refractivity contribution in [2.24, 2.45) is 0 Å². The minimum absolute atomic E-state index is 0.00143. The fourth-order valence-corrected chi connectivity index (χ4v) is 5.22. The Labute approximate surface area is 247 Å². The topological polar surface area (TPSA) is 59.8 Å². The molecule has 0 fully saturated rings. The summed E-state index contributed by atoms with van der Waals surface area (Å²) in [5.74, 6) is 0.218. The van der Waals surface area contributed by atoms with Gasteiger partial charge >= 0.3 is 5.97 Å². The van der Waals surface area contributed by atoms with Crippen molar-refractivity contribution in [1.82, 2.24) is 4.90 Å². The van der Waals surface area contributed by atoms with Gasteiger partial charge in [0.1, 0.15) is 11.3 Å². The van der Waals surface area contributed by atoms with Gasteiger partial charge in [-0.25, -0.2) is 4.79 Å². The summed E-state index contributed by atoms with van der Waals surface area (Å²) in [5, 5.41) is 0.669. The van der Waals surface area contributed by atoms with Gasteiger partial charge in [-0.1, -0.05) is 78.1 Å². The van der Waals surface area contributed by atoms with E-state index < -0.39 is 5.97 Å². The molecule has 0 saturated carbocycles. The molecule has 0 aliphatic rings. The van der Waals surface area contributed by atoms with E-state index in [2.05, 4.69) is 51.7 Å². The van der Waals surface area contributed by atoms with Gasteiger partial charge in [-0.3, -0.25) is 4.79 Å². The summed E-state index contributed by atoms with van der Waals surface area (Å²) in [4.78, 5) is 29.2. The molecule has 3 aromatic rings. The number of furan rings is 1. The summed E-state index contributed by atoms with van der Waals surface area (Å²) in [6.07, 6.45) is 8.36. The molecule has 3 rings (SSSR count). The van der Waals surface area contributed by atoms with Crippen molar-refractivity contribution in [1.29, 1.82) is 0 Å². The molecular formula is C36H51NO4. The van der Waals surface area contributed by atoms with Crippen LogP contribution in [0.3, 0.4) is 0 Å². The third-order valence-corrected chi connectivity index (χ3v) is 7.96. The van der Waals surface area contributed by atoms with Gasteiger partial charge in [-0.05, 0) is 88.3 Å². The van der Waals surface area contributed by atoms with Crippen LogP contribution in [0.1, 0.15) is 131 Å². The first-order valence-corrected chi connectivity index (χ1v) is 15.7. The summed E-state index contributed by atoms with van der Waals surface area (Å²) in [6.45, 7) is 18.3. The van der Waals surface area contributed by atoms with Crippen LogP contribution in [0.4, 0.5) is 0 Å². The van der Waals surface area contributed by atoms with Gasteiger partial charge in [0.25, 0.3) is 0 Å². The number of ketones is 1. The molecule has 0 bridgehead atoms. The molecule has 224 valence electrons. The summed E-state index contributed by atoms with van der Waals surface area (Å²) in [7, 11) is 0. The number of hydrogen-bond acceptors (Lipinski definition) is 5. The number of esters is 1. The first kappa shape index (κ1) is 32.6. The highest BCUT2D eigenvalue weighted by molar-refractivity contribution is 6.17. The molecule has 0 saturated heterocycles. The molecule has 0 amide bonds. The number of hydrogen-bond donors (Lipinski definition) is 0. The van der Waals surface area contributed by atoms with Crippen molar-refractivity contribution in [2.75, 3.05) is 19.6 Å². The third kappa shape index (κ3) is 8.78. The SMILES string of the molecule is CCCCc1oc2ccc(C(=O)OC(C)C)cc2c1C(=O)c1ccc(C(C)(C)CCN(CCCC)CCCC)cc1. The molecule has 41 heavy (non-hydrogen) atoms. The Kier molecular flexibility index (Phi) is 12.2. The van der Waals surface area contributed by atoms with Crippen molar-refractivity contribution in [3.63, 3.8) is 0 Å². The summed E-state index contributed by atoms with van der Waals surface area (Å²) < 4.78 is 11.6. The van der Waals surface area contributed by atoms with Gasteiger partial charge in [0, 0.05) is 17.4 Å². The predicted molar refractivity (Wildman–Crippen MR) is 169 cm³/mol. The third-order valence-electron chi connectivity index (χ3n) is 7.96. The highest BCUT2D eigenvalue weighted by Crippen LogP contribution is 2.32. The maximum absolute atomic E-state index is 14.0. The second kappa shape index (κ2) is 15.3. The van der Waals surface area contributed by atoms with E-state index in [0.717, 1.165) is 38.9 Å². The maximum atomic E-state index is 14.0.